The Morgan fingerprint density at radius 2 is 2.20 bits per heavy atom. The van der Waals surface area contributed by atoms with Gasteiger partial charge in [-0.15, -0.1) is 0 Å². The van der Waals surface area contributed by atoms with E-state index < -0.39 is 0 Å². The Labute approximate surface area is 148 Å². The summed E-state index contributed by atoms with van der Waals surface area (Å²) in [5, 5.41) is 10.7. The van der Waals surface area contributed by atoms with Crippen LogP contribution < -0.4 is 10.6 Å². The number of imidazole rings is 1. The molecular weight excluding hydrogens is 334 g/mol. The molecule has 0 aromatic carbocycles. The number of anilines is 3. The number of pyridine rings is 1. The average molecular weight is 351 g/mol. The first-order chi connectivity index (χ1) is 12.3. The summed E-state index contributed by atoms with van der Waals surface area (Å²) in [6, 6.07) is 5.84. The normalized spacial score (nSPS) is 10.9. The predicted octanol–water partition coefficient (Wildman–Crippen LogP) is 3.84. The number of hydrogen-bond donors (Lipinski definition) is 2. The third-order valence-electron chi connectivity index (χ3n) is 3.64. The molecule has 0 atom stereocenters. The molecule has 0 saturated heterocycles. The molecule has 0 aliphatic rings. The van der Waals surface area contributed by atoms with Crippen molar-refractivity contribution in [3.8, 4) is 5.69 Å². The van der Waals surface area contributed by atoms with Crippen LogP contribution in [0.1, 0.15) is 13.3 Å². The molecule has 0 aliphatic heterocycles. The Hall–Kier alpha value is -3.00. The highest BCUT2D eigenvalue weighted by atomic mass is 32.1. The molecule has 2 N–H and O–H groups in total. The fourth-order valence-electron chi connectivity index (χ4n) is 2.47. The van der Waals surface area contributed by atoms with Crippen molar-refractivity contribution >= 4 is 40.0 Å². The zero-order valence-electron chi connectivity index (χ0n) is 13.7. The molecule has 8 heteroatoms. The van der Waals surface area contributed by atoms with Crippen molar-refractivity contribution in [2.45, 2.75) is 13.3 Å². The standard InChI is InChI=1S/C17H17N7S/c1-2-6-19-15-14-16(24(11-20-14)13-5-8-25-10-13)23-17(22-15)21-12-4-3-7-18-9-12/h3-5,7-11H,2,6H2,1H3,(H2,19,21,22,23). The maximum atomic E-state index is 4.67. The Kier molecular flexibility index (Phi) is 4.26. The summed E-state index contributed by atoms with van der Waals surface area (Å²) in [6.07, 6.45) is 6.26. The van der Waals surface area contributed by atoms with Gasteiger partial charge in [-0.3, -0.25) is 9.55 Å². The lowest BCUT2D eigenvalue weighted by molar-refractivity contribution is 0.968. The lowest BCUT2D eigenvalue weighted by Gasteiger charge is -2.09. The number of rotatable bonds is 6. The van der Waals surface area contributed by atoms with Crippen LogP contribution in [0.15, 0.2) is 47.7 Å². The zero-order chi connectivity index (χ0) is 17.1. The summed E-state index contributed by atoms with van der Waals surface area (Å²) in [4.78, 5) is 17.9. The molecule has 25 heavy (non-hydrogen) atoms. The number of fused-ring (bicyclic) bond motifs is 1. The van der Waals surface area contributed by atoms with Crippen LogP contribution in [0.3, 0.4) is 0 Å². The number of nitrogens with zero attached hydrogens (tertiary/aromatic N) is 5. The summed E-state index contributed by atoms with van der Waals surface area (Å²) in [5.74, 6) is 1.24. The molecular formula is C17H17N7S. The van der Waals surface area contributed by atoms with Crippen molar-refractivity contribution in [1.29, 1.82) is 0 Å². The van der Waals surface area contributed by atoms with Crippen LogP contribution >= 0.6 is 11.3 Å². The lowest BCUT2D eigenvalue weighted by atomic mass is 10.4. The van der Waals surface area contributed by atoms with Gasteiger partial charge in [0, 0.05) is 18.1 Å². The van der Waals surface area contributed by atoms with Crippen molar-refractivity contribution in [2.75, 3.05) is 17.2 Å². The molecule has 0 bridgehead atoms. The Morgan fingerprint density at radius 3 is 2.96 bits per heavy atom. The van der Waals surface area contributed by atoms with Crippen LogP contribution in [0.5, 0.6) is 0 Å². The molecule has 0 fully saturated rings. The van der Waals surface area contributed by atoms with E-state index in [1.54, 1.807) is 30.1 Å². The van der Waals surface area contributed by atoms with Gasteiger partial charge >= 0.3 is 0 Å². The molecule has 4 heterocycles. The van der Waals surface area contributed by atoms with E-state index >= 15 is 0 Å². The van der Waals surface area contributed by atoms with E-state index in [0.29, 0.717) is 5.95 Å². The molecule has 0 radical (unpaired) electrons. The fraction of sp³-hybridized carbons (Fsp3) is 0.176. The van der Waals surface area contributed by atoms with Gasteiger partial charge in [0.1, 0.15) is 6.33 Å². The summed E-state index contributed by atoms with van der Waals surface area (Å²) >= 11 is 1.64. The minimum absolute atomic E-state index is 0.510. The van der Waals surface area contributed by atoms with Gasteiger partial charge < -0.3 is 10.6 Å². The van der Waals surface area contributed by atoms with Crippen molar-refractivity contribution < 1.29 is 0 Å². The Morgan fingerprint density at radius 1 is 1.24 bits per heavy atom. The summed E-state index contributed by atoms with van der Waals surface area (Å²) in [6.45, 7) is 2.94. The molecule has 0 amide bonds. The van der Waals surface area contributed by atoms with Crippen molar-refractivity contribution in [3.05, 3.63) is 47.7 Å². The average Bonchev–Trinajstić information content (AvgIpc) is 3.29. The molecule has 4 rings (SSSR count). The monoisotopic (exact) mass is 351 g/mol. The predicted molar refractivity (Wildman–Crippen MR) is 101 cm³/mol. The van der Waals surface area contributed by atoms with Gasteiger partial charge in [0.05, 0.1) is 17.6 Å². The second-order valence-corrected chi connectivity index (χ2v) is 6.24. The van der Waals surface area contributed by atoms with Crippen LogP contribution in [0.25, 0.3) is 16.9 Å². The van der Waals surface area contributed by atoms with Gasteiger partial charge in [-0.05, 0) is 30.0 Å². The maximum absolute atomic E-state index is 4.67. The van der Waals surface area contributed by atoms with Crippen molar-refractivity contribution in [2.24, 2.45) is 0 Å². The van der Waals surface area contributed by atoms with Gasteiger partial charge in [0.25, 0.3) is 0 Å². The van der Waals surface area contributed by atoms with Gasteiger partial charge in [-0.2, -0.15) is 21.3 Å². The summed E-state index contributed by atoms with van der Waals surface area (Å²) < 4.78 is 1.97. The Bertz CT molecular complexity index is 964. The van der Waals surface area contributed by atoms with Gasteiger partial charge in [-0.1, -0.05) is 6.92 Å². The molecule has 0 spiro atoms. The van der Waals surface area contributed by atoms with E-state index in [4.69, 9.17) is 0 Å². The van der Waals surface area contributed by atoms with E-state index in [0.717, 1.165) is 41.3 Å². The first-order valence-corrected chi connectivity index (χ1v) is 8.98. The first kappa shape index (κ1) is 15.5. The Balaban J connectivity index is 1.81. The van der Waals surface area contributed by atoms with Crippen molar-refractivity contribution in [3.63, 3.8) is 0 Å². The quantitative estimate of drug-likeness (QED) is 0.549. The van der Waals surface area contributed by atoms with Gasteiger partial charge in [0.15, 0.2) is 17.0 Å². The molecule has 126 valence electrons. The van der Waals surface area contributed by atoms with E-state index in [9.17, 15) is 0 Å². The molecule has 0 saturated carbocycles. The number of thiophene rings is 1. The van der Waals surface area contributed by atoms with Crippen LogP contribution in [0.2, 0.25) is 0 Å². The van der Waals surface area contributed by atoms with Gasteiger partial charge in [-0.25, -0.2) is 4.98 Å². The maximum Gasteiger partial charge on any atom is 0.231 e. The summed E-state index contributed by atoms with van der Waals surface area (Å²) in [5.41, 5.74) is 3.40. The largest absolute Gasteiger partial charge is 0.368 e. The van der Waals surface area contributed by atoms with Crippen LogP contribution in [0, 0.1) is 0 Å². The highest BCUT2D eigenvalue weighted by Crippen LogP contribution is 2.25. The van der Waals surface area contributed by atoms with Crippen molar-refractivity contribution in [1.82, 2.24) is 24.5 Å². The third-order valence-corrected chi connectivity index (χ3v) is 4.31. The van der Waals surface area contributed by atoms with E-state index in [1.165, 1.54) is 0 Å². The number of hydrogen-bond acceptors (Lipinski definition) is 7. The molecule has 4 aromatic rings. The molecule has 0 unspecified atom stereocenters. The first-order valence-electron chi connectivity index (χ1n) is 8.03. The van der Waals surface area contributed by atoms with Gasteiger partial charge in [0.2, 0.25) is 5.95 Å². The number of aromatic nitrogens is 5. The molecule has 4 aromatic heterocycles. The van der Waals surface area contributed by atoms with E-state index in [1.807, 2.05) is 28.1 Å². The van der Waals surface area contributed by atoms with Crippen LogP contribution in [-0.2, 0) is 0 Å². The number of nitrogens with one attached hydrogen (secondary N) is 2. The SMILES string of the molecule is CCCNc1nc(Nc2cccnc2)nc2c1ncn2-c1ccsc1. The van der Waals surface area contributed by atoms with E-state index in [-0.39, 0.29) is 0 Å². The third kappa shape index (κ3) is 3.16. The second-order valence-electron chi connectivity index (χ2n) is 5.46. The summed E-state index contributed by atoms with van der Waals surface area (Å²) in [7, 11) is 0. The highest BCUT2D eigenvalue weighted by Gasteiger charge is 2.14. The zero-order valence-corrected chi connectivity index (χ0v) is 14.5. The van der Waals surface area contributed by atoms with E-state index in [2.05, 4.69) is 42.9 Å². The topological polar surface area (TPSA) is 80.6 Å². The molecule has 0 aliphatic carbocycles. The minimum Gasteiger partial charge on any atom is -0.368 e. The molecule has 7 nitrogen and oxygen atoms in total. The minimum atomic E-state index is 0.510. The second kappa shape index (κ2) is 6.86. The fourth-order valence-corrected chi connectivity index (χ4v) is 3.10. The van der Waals surface area contributed by atoms with Crippen LogP contribution in [-0.4, -0.2) is 31.0 Å². The highest BCUT2D eigenvalue weighted by molar-refractivity contribution is 7.08. The lowest BCUT2D eigenvalue weighted by Crippen LogP contribution is -2.07. The van der Waals surface area contributed by atoms with Crippen LogP contribution in [0.4, 0.5) is 17.5 Å². The smallest absolute Gasteiger partial charge is 0.231 e.